The van der Waals surface area contributed by atoms with E-state index in [1.807, 2.05) is 0 Å². The summed E-state index contributed by atoms with van der Waals surface area (Å²) in [5.41, 5.74) is -1.02. The third kappa shape index (κ3) is 4.17. The Morgan fingerprint density at radius 1 is 1.19 bits per heavy atom. The summed E-state index contributed by atoms with van der Waals surface area (Å²) in [5.74, 6) is -0.381. The summed E-state index contributed by atoms with van der Waals surface area (Å²) < 4.78 is 27.0. The molecule has 2 aliphatic heterocycles. The van der Waals surface area contributed by atoms with Gasteiger partial charge in [-0.25, -0.2) is 13.2 Å². The highest BCUT2D eigenvalue weighted by atomic mass is 32.2. The minimum atomic E-state index is -3.56. The molecular weight excluding hydrogens is 452 g/mol. The normalized spacial score (nSPS) is 28.9. The molecule has 2 atom stereocenters. The minimum absolute atomic E-state index is 0.0784. The summed E-state index contributed by atoms with van der Waals surface area (Å²) in [6, 6.07) is 2.74. The van der Waals surface area contributed by atoms with E-state index >= 15 is 0 Å². The van der Waals surface area contributed by atoms with E-state index < -0.39 is 21.6 Å². The highest BCUT2D eigenvalue weighted by Gasteiger charge is 2.56. The molecule has 0 aromatic carbocycles. The van der Waals surface area contributed by atoms with Gasteiger partial charge in [-0.1, -0.05) is 26.8 Å². The van der Waals surface area contributed by atoms with Gasteiger partial charge in [0.15, 0.2) is 0 Å². The SMILES string of the molecule is C[C@H]1CC(C)(C)C[C@@]2(C1)NC(=O)N(CC(=O)N1CCN(S(=O)(=O)c3cccs3)CC1)C2=O. The van der Waals surface area contributed by atoms with Crippen LogP contribution in [0, 0.1) is 11.3 Å². The average Bonchev–Trinajstić information content (AvgIpc) is 3.31. The van der Waals surface area contributed by atoms with Crippen molar-refractivity contribution in [1.29, 1.82) is 0 Å². The number of amides is 4. The van der Waals surface area contributed by atoms with E-state index in [1.165, 1.54) is 9.21 Å². The molecule has 1 saturated carbocycles. The van der Waals surface area contributed by atoms with Gasteiger partial charge >= 0.3 is 6.03 Å². The Hall–Kier alpha value is -1.98. The lowest BCUT2D eigenvalue weighted by Gasteiger charge is -2.43. The van der Waals surface area contributed by atoms with Crippen LogP contribution < -0.4 is 5.32 Å². The van der Waals surface area contributed by atoms with Gasteiger partial charge in [-0.15, -0.1) is 11.3 Å². The summed E-state index contributed by atoms with van der Waals surface area (Å²) in [7, 11) is -3.56. The molecule has 4 amide bonds. The molecule has 2 saturated heterocycles. The number of hydrogen-bond donors (Lipinski definition) is 1. The number of carbonyl (C=O) groups is 3. The van der Waals surface area contributed by atoms with Crippen molar-refractivity contribution in [3.63, 3.8) is 0 Å². The van der Waals surface area contributed by atoms with E-state index in [0.717, 1.165) is 22.7 Å². The van der Waals surface area contributed by atoms with Gasteiger partial charge in [-0.3, -0.25) is 14.5 Å². The first-order chi connectivity index (χ1) is 14.9. The van der Waals surface area contributed by atoms with Crippen LogP contribution in [0.2, 0.25) is 0 Å². The van der Waals surface area contributed by atoms with Crippen LogP contribution >= 0.6 is 11.3 Å². The number of imide groups is 1. The Labute approximate surface area is 192 Å². The second kappa shape index (κ2) is 8.11. The highest BCUT2D eigenvalue weighted by molar-refractivity contribution is 7.91. The van der Waals surface area contributed by atoms with Gasteiger partial charge in [0, 0.05) is 26.2 Å². The lowest BCUT2D eigenvalue weighted by molar-refractivity contribution is -0.141. The Morgan fingerprint density at radius 2 is 1.88 bits per heavy atom. The van der Waals surface area contributed by atoms with Gasteiger partial charge in [-0.05, 0) is 42.0 Å². The van der Waals surface area contributed by atoms with E-state index in [2.05, 4.69) is 26.1 Å². The van der Waals surface area contributed by atoms with Gasteiger partial charge in [0.2, 0.25) is 5.91 Å². The molecule has 176 valence electrons. The van der Waals surface area contributed by atoms with Crippen LogP contribution in [0.15, 0.2) is 21.7 Å². The molecule has 3 fully saturated rings. The summed E-state index contributed by atoms with van der Waals surface area (Å²) in [5, 5.41) is 4.60. The molecule has 0 radical (unpaired) electrons. The van der Waals surface area contributed by atoms with Crippen LogP contribution in [0.25, 0.3) is 0 Å². The number of sulfonamides is 1. The minimum Gasteiger partial charge on any atom is -0.338 e. The first-order valence-corrected chi connectivity index (χ1v) is 13.2. The molecular formula is C21H30N4O5S2. The third-order valence-corrected chi connectivity index (χ3v) is 9.87. The average molecular weight is 483 g/mol. The molecule has 1 aromatic rings. The molecule has 0 unspecified atom stereocenters. The number of nitrogens with one attached hydrogen (secondary N) is 1. The molecule has 3 aliphatic rings. The fraction of sp³-hybridized carbons (Fsp3) is 0.667. The molecule has 9 nitrogen and oxygen atoms in total. The topological polar surface area (TPSA) is 107 Å². The Balaban J connectivity index is 1.39. The number of rotatable bonds is 4. The fourth-order valence-corrected chi connectivity index (χ4v) is 8.17. The number of hydrogen-bond acceptors (Lipinski definition) is 6. The third-order valence-electron chi connectivity index (χ3n) is 6.60. The highest BCUT2D eigenvalue weighted by Crippen LogP contribution is 2.46. The first-order valence-electron chi connectivity index (χ1n) is 10.9. The Bertz CT molecular complexity index is 1010. The van der Waals surface area contributed by atoms with Crippen LogP contribution in [-0.4, -0.2) is 78.6 Å². The summed E-state index contributed by atoms with van der Waals surface area (Å²) >= 11 is 1.16. The first kappa shape index (κ1) is 23.2. The summed E-state index contributed by atoms with van der Waals surface area (Å²) in [4.78, 5) is 41.3. The number of nitrogens with zero attached hydrogens (tertiary/aromatic N) is 3. The van der Waals surface area contributed by atoms with Crippen molar-refractivity contribution >= 4 is 39.2 Å². The van der Waals surface area contributed by atoms with Crippen molar-refractivity contribution < 1.29 is 22.8 Å². The van der Waals surface area contributed by atoms with Crippen molar-refractivity contribution in [2.24, 2.45) is 11.3 Å². The van der Waals surface area contributed by atoms with E-state index in [-0.39, 0.29) is 60.1 Å². The van der Waals surface area contributed by atoms with Crippen LogP contribution in [-0.2, 0) is 19.6 Å². The second-order valence-corrected chi connectivity index (χ2v) is 13.1. The molecule has 11 heteroatoms. The molecule has 1 N–H and O–H groups in total. The maximum atomic E-state index is 13.2. The molecule has 1 aromatic heterocycles. The largest absolute Gasteiger partial charge is 0.338 e. The van der Waals surface area contributed by atoms with E-state index in [0.29, 0.717) is 12.8 Å². The standard InChI is InChI=1S/C21H30N4O5S2/c1-15-11-20(2,3)14-21(12-15)18(27)25(19(28)22-21)13-16(26)23-6-8-24(9-7-23)32(29,30)17-5-4-10-31-17/h4-5,10,15H,6-9,11-14H2,1-3H3,(H,22,28)/t15-,21+/m0/s1. The van der Waals surface area contributed by atoms with Gasteiger partial charge in [0.25, 0.3) is 15.9 Å². The van der Waals surface area contributed by atoms with Crippen molar-refractivity contribution in [3.8, 4) is 0 Å². The van der Waals surface area contributed by atoms with Gasteiger partial charge in [-0.2, -0.15) is 4.31 Å². The Morgan fingerprint density at radius 3 is 2.47 bits per heavy atom. The van der Waals surface area contributed by atoms with Crippen molar-refractivity contribution in [3.05, 3.63) is 17.5 Å². The predicted octanol–water partition coefficient (Wildman–Crippen LogP) is 1.72. The van der Waals surface area contributed by atoms with Gasteiger partial charge in [0.05, 0.1) is 0 Å². The number of piperazine rings is 1. The molecule has 1 spiro atoms. The Kier molecular flexibility index (Phi) is 5.87. The van der Waals surface area contributed by atoms with Crippen LogP contribution in [0.4, 0.5) is 4.79 Å². The van der Waals surface area contributed by atoms with E-state index in [1.54, 1.807) is 17.5 Å². The zero-order valence-electron chi connectivity index (χ0n) is 18.7. The van der Waals surface area contributed by atoms with Crippen molar-refractivity contribution in [2.45, 2.75) is 49.8 Å². The maximum Gasteiger partial charge on any atom is 0.325 e. The number of urea groups is 1. The maximum absolute atomic E-state index is 13.2. The zero-order valence-corrected chi connectivity index (χ0v) is 20.3. The van der Waals surface area contributed by atoms with Gasteiger partial charge in [0.1, 0.15) is 16.3 Å². The summed E-state index contributed by atoms with van der Waals surface area (Å²) in [6.45, 7) is 6.77. The van der Waals surface area contributed by atoms with E-state index in [9.17, 15) is 22.8 Å². The lowest BCUT2D eigenvalue weighted by atomic mass is 9.64. The molecule has 4 rings (SSSR count). The van der Waals surface area contributed by atoms with Crippen LogP contribution in [0.1, 0.15) is 40.0 Å². The number of thiophene rings is 1. The van der Waals surface area contributed by atoms with Gasteiger partial charge < -0.3 is 10.2 Å². The number of carbonyl (C=O) groups excluding carboxylic acids is 3. The lowest BCUT2D eigenvalue weighted by Crippen LogP contribution is -2.55. The van der Waals surface area contributed by atoms with Crippen molar-refractivity contribution in [2.75, 3.05) is 32.7 Å². The molecule has 32 heavy (non-hydrogen) atoms. The second-order valence-electron chi connectivity index (χ2n) is 9.97. The fourth-order valence-electron chi connectivity index (χ4n) is 5.60. The predicted molar refractivity (Wildman–Crippen MR) is 119 cm³/mol. The monoisotopic (exact) mass is 482 g/mol. The molecule has 0 bridgehead atoms. The van der Waals surface area contributed by atoms with E-state index in [4.69, 9.17) is 0 Å². The molecule has 3 heterocycles. The zero-order chi connectivity index (χ0) is 23.3. The van der Waals surface area contributed by atoms with Crippen LogP contribution in [0.5, 0.6) is 0 Å². The quantitative estimate of drug-likeness (QED) is 0.658. The molecule has 1 aliphatic carbocycles. The van der Waals surface area contributed by atoms with Crippen LogP contribution in [0.3, 0.4) is 0 Å². The summed E-state index contributed by atoms with van der Waals surface area (Å²) in [6.07, 6.45) is 2.11. The van der Waals surface area contributed by atoms with Crippen molar-refractivity contribution in [1.82, 2.24) is 19.4 Å². The smallest absolute Gasteiger partial charge is 0.325 e.